The van der Waals surface area contributed by atoms with Gasteiger partial charge in [0.05, 0.1) is 12.2 Å². The molecule has 1 N–H and O–H groups in total. The third-order valence-electron chi connectivity index (χ3n) is 4.29. The molecule has 2 amide bonds. The Balaban J connectivity index is 1.44. The van der Waals surface area contributed by atoms with Gasteiger partial charge in [-0.3, -0.25) is 14.5 Å². The number of ether oxygens (including phenoxy) is 1. The lowest BCUT2D eigenvalue weighted by Crippen LogP contribution is -2.52. The van der Waals surface area contributed by atoms with Crippen molar-refractivity contribution in [2.75, 3.05) is 44.6 Å². The zero-order valence-corrected chi connectivity index (χ0v) is 14.2. The van der Waals surface area contributed by atoms with E-state index < -0.39 is 0 Å². The summed E-state index contributed by atoms with van der Waals surface area (Å²) in [5, 5.41) is 3.04. The van der Waals surface area contributed by atoms with E-state index in [1.165, 1.54) is 0 Å². The lowest BCUT2D eigenvalue weighted by atomic mass is 10.2. The molecule has 2 aliphatic heterocycles. The Kier molecular flexibility index (Phi) is 5.65. The molecule has 24 heavy (non-hydrogen) atoms. The van der Waals surface area contributed by atoms with Crippen molar-refractivity contribution in [3.8, 4) is 0 Å². The highest BCUT2D eigenvalue weighted by atomic mass is 35.5. The molecule has 7 nitrogen and oxygen atoms in total. The van der Waals surface area contributed by atoms with Gasteiger partial charge in [0.2, 0.25) is 5.91 Å². The maximum atomic E-state index is 12.3. The van der Waals surface area contributed by atoms with Crippen LogP contribution in [0.4, 0.5) is 5.69 Å². The molecule has 0 aliphatic carbocycles. The molecule has 0 saturated carbocycles. The molecule has 2 saturated heterocycles. The van der Waals surface area contributed by atoms with Crippen molar-refractivity contribution in [1.29, 1.82) is 0 Å². The molecule has 1 aromatic rings. The van der Waals surface area contributed by atoms with E-state index in [1.807, 2.05) is 9.80 Å². The topological polar surface area (TPSA) is 74.8 Å². The van der Waals surface area contributed by atoms with Crippen molar-refractivity contribution in [1.82, 2.24) is 14.8 Å². The first-order valence-corrected chi connectivity index (χ1v) is 8.54. The van der Waals surface area contributed by atoms with Gasteiger partial charge in [0.1, 0.15) is 6.10 Å². The van der Waals surface area contributed by atoms with Crippen molar-refractivity contribution >= 4 is 29.1 Å². The highest BCUT2D eigenvalue weighted by Gasteiger charge is 2.30. The first kappa shape index (κ1) is 17.1. The van der Waals surface area contributed by atoms with Crippen LogP contribution in [0.15, 0.2) is 18.3 Å². The van der Waals surface area contributed by atoms with Gasteiger partial charge >= 0.3 is 0 Å². The summed E-state index contributed by atoms with van der Waals surface area (Å²) in [6.07, 6.45) is 3.07. The van der Waals surface area contributed by atoms with E-state index >= 15 is 0 Å². The standard InChI is InChI=1S/C16H21ClN4O3/c17-15-12(3-1-5-18-15)19-14(22)11-20-6-8-21(9-7-20)16(23)13-4-2-10-24-13/h1,3,5,13H,2,4,6-11H2,(H,19,22). The highest BCUT2D eigenvalue weighted by Crippen LogP contribution is 2.18. The number of piperazine rings is 1. The SMILES string of the molecule is O=C(CN1CCN(C(=O)C2CCCO2)CC1)Nc1cccnc1Cl. The Morgan fingerprint density at radius 1 is 1.33 bits per heavy atom. The Morgan fingerprint density at radius 3 is 2.79 bits per heavy atom. The number of nitrogens with one attached hydrogen (secondary N) is 1. The van der Waals surface area contributed by atoms with Crippen LogP contribution in [-0.4, -0.2) is 72.0 Å². The van der Waals surface area contributed by atoms with Crippen LogP contribution >= 0.6 is 11.6 Å². The molecular formula is C16H21ClN4O3. The van der Waals surface area contributed by atoms with Crippen molar-refractivity contribution in [3.05, 3.63) is 23.5 Å². The van der Waals surface area contributed by atoms with E-state index in [-0.39, 0.29) is 29.6 Å². The van der Waals surface area contributed by atoms with Gasteiger partial charge in [0.15, 0.2) is 5.15 Å². The lowest BCUT2D eigenvalue weighted by Gasteiger charge is -2.35. The molecule has 1 unspecified atom stereocenters. The largest absolute Gasteiger partial charge is 0.368 e. The quantitative estimate of drug-likeness (QED) is 0.818. The van der Waals surface area contributed by atoms with E-state index in [1.54, 1.807) is 18.3 Å². The fourth-order valence-corrected chi connectivity index (χ4v) is 3.14. The molecule has 8 heteroatoms. The molecule has 130 valence electrons. The number of carbonyl (C=O) groups excluding carboxylic acids is 2. The predicted octanol–water partition coefficient (Wildman–Crippen LogP) is 0.997. The number of rotatable bonds is 4. The minimum absolute atomic E-state index is 0.0822. The summed E-state index contributed by atoms with van der Waals surface area (Å²) in [6.45, 7) is 3.54. The van der Waals surface area contributed by atoms with Gasteiger partial charge in [0, 0.05) is 39.0 Å². The van der Waals surface area contributed by atoms with Gasteiger partial charge in [-0.15, -0.1) is 0 Å². The van der Waals surface area contributed by atoms with Gasteiger partial charge < -0.3 is 15.0 Å². The first-order chi connectivity index (χ1) is 11.6. The number of amides is 2. The minimum Gasteiger partial charge on any atom is -0.368 e. The summed E-state index contributed by atoms with van der Waals surface area (Å²) in [5.74, 6) is -0.0532. The van der Waals surface area contributed by atoms with Crippen LogP contribution in [0.3, 0.4) is 0 Å². The van der Waals surface area contributed by atoms with Crippen molar-refractivity contribution in [2.45, 2.75) is 18.9 Å². The molecule has 3 heterocycles. The minimum atomic E-state index is -0.271. The van der Waals surface area contributed by atoms with Crippen LogP contribution in [0.25, 0.3) is 0 Å². The second kappa shape index (κ2) is 7.92. The molecule has 0 spiro atoms. The summed E-state index contributed by atoms with van der Waals surface area (Å²) in [4.78, 5) is 32.2. The summed E-state index contributed by atoms with van der Waals surface area (Å²) in [6, 6.07) is 3.43. The van der Waals surface area contributed by atoms with E-state index in [4.69, 9.17) is 16.3 Å². The molecule has 0 radical (unpaired) electrons. The first-order valence-electron chi connectivity index (χ1n) is 8.16. The Labute approximate surface area is 145 Å². The second-order valence-corrected chi connectivity index (χ2v) is 6.35. The van der Waals surface area contributed by atoms with Crippen LogP contribution in [0, 0.1) is 0 Å². The number of aromatic nitrogens is 1. The molecular weight excluding hydrogens is 332 g/mol. The van der Waals surface area contributed by atoms with E-state index in [9.17, 15) is 9.59 Å². The number of hydrogen-bond donors (Lipinski definition) is 1. The average Bonchev–Trinajstić information content (AvgIpc) is 3.11. The summed E-state index contributed by atoms with van der Waals surface area (Å²) >= 11 is 5.93. The summed E-state index contributed by atoms with van der Waals surface area (Å²) in [5.41, 5.74) is 0.511. The smallest absolute Gasteiger partial charge is 0.251 e. The Bertz CT molecular complexity index is 599. The molecule has 1 atom stereocenters. The summed E-state index contributed by atoms with van der Waals surface area (Å²) in [7, 11) is 0. The van der Waals surface area contributed by atoms with Gasteiger partial charge in [-0.2, -0.15) is 0 Å². The molecule has 3 rings (SSSR count). The molecule has 1 aromatic heterocycles. The Morgan fingerprint density at radius 2 is 2.12 bits per heavy atom. The van der Waals surface area contributed by atoms with Gasteiger partial charge in [-0.1, -0.05) is 11.6 Å². The number of anilines is 1. The number of carbonyl (C=O) groups is 2. The van der Waals surface area contributed by atoms with E-state index in [0.717, 1.165) is 12.8 Å². The lowest BCUT2D eigenvalue weighted by molar-refractivity contribution is -0.142. The predicted molar refractivity (Wildman–Crippen MR) is 89.9 cm³/mol. The van der Waals surface area contributed by atoms with Crippen LogP contribution < -0.4 is 5.32 Å². The Hall–Kier alpha value is -1.70. The number of hydrogen-bond acceptors (Lipinski definition) is 5. The third kappa shape index (κ3) is 4.23. The van der Waals surface area contributed by atoms with E-state index in [2.05, 4.69) is 10.3 Å². The molecule has 0 aromatic carbocycles. The van der Waals surface area contributed by atoms with Crippen molar-refractivity contribution < 1.29 is 14.3 Å². The molecule has 0 bridgehead atoms. The van der Waals surface area contributed by atoms with Gasteiger partial charge in [0.25, 0.3) is 5.91 Å². The fourth-order valence-electron chi connectivity index (χ4n) is 2.97. The molecule has 2 aliphatic rings. The normalized spacial score (nSPS) is 21.7. The van der Waals surface area contributed by atoms with Crippen LogP contribution in [0.2, 0.25) is 5.15 Å². The zero-order chi connectivity index (χ0) is 16.9. The third-order valence-corrected chi connectivity index (χ3v) is 4.59. The monoisotopic (exact) mass is 352 g/mol. The van der Waals surface area contributed by atoms with Crippen LogP contribution in [0.5, 0.6) is 0 Å². The van der Waals surface area contributed by atoms with Gasteiger partial charge in [-0.05, 0) is 25.0 Å². The number of pyridine rings is 1. The number of halogens is 1. The van der Waals surface area contributed by atoms with Gasteiger partial charge in [-0.25, -0.2) is 4.98 Å². The number of nitrogens with zero attached hydrogens (tertiary/aromatic N) is 3. The summed E-state index contributed by atoms with van der Waals surface area (Å²) < 4.78 is 5.45. The van der Waals surface area contributed by atoms with E-state index in [0.29, 0.717) is 38.5 Å². The zero-order valence-electron chi connectivity index (χ0n) is 13.4. The average molecular weight is 353 g/mol. The van der Waals surface area contributed by atoms with Crippen LogP contribution in [0.1, 0.15) is 12.8 Å². The highest BCUT2D eigenvalue weighted by molar-refractivity contribution is 6.32. The second-order valence-electron chi connectivity index (χ2n) is 5.99. The fraction of sp³-hybridized carbons (Fsp3) is 0.562. The maximum Gasteiger partial charge on any atom is 0.251 e. The van der Waals surface area contributed by atoms with Crippen molar-refractivity contribution in [2.24, 2.45) is 0 Å². The maximum absolute atomic E-state index is 12.3. The van der Waals surface area contributed by atoms with Crippen LogP contribution in [-0.2, 0) is 14.3 Å². The van der Waals surface area contributed by atoms with Crippen molar-refractivity contribution in [3.63, 3.8) is 0 Å². The molecule has 2 fully saturated rings.